The van der Waals surface area contributed by atoms with Crippen molar-refractivity contribution in [2.45, 2.75) is 13.1 Å². The molecule has 0 bridgehead atoms. The average molecular weight is 212 g/mol. The summed E-state index contributed by atoms with van der Waals surface area (Å²) in [5.74, 6) is 0. The van der Waals surface area contributed by atoms with Crippen LogP contribution in [0.25, 0.3) is 11.0 Å². The molecule has 0 aliphatic heterocycles. The van der Waals surface area contributed by atoms with Crippen LogP contribution in [0.2, 0.25) is 0 Å². The minimum atomic E-state index is 0.868. The maximum absolute atomic E-state index is 4.35. The van der Waals surface area contributed by atoms with E-state index in [0.29, 0.717) is 0 Å². The number of hydrogen-bond donors (Lipinski definition) is 0. The zero-order valence-electron chi connectivity index (χ0n) is 8.82. The van der Waals surface area contributed by atoms with Gasteiger partial charge in [-0.05, 0) is 18.2 Å². The summed E-state index contributed by atoms with van der Waals surface area (Å²) in [7, 11) is 0. The van der Waals surface area contributed by atoms with Gasteiger partial charge < -0.3 is 4.57 Å². The fraction of sp³-hybridized carbons (Fsp3) is 0.167. The Bertz CT molecular complexity index is 580. The highest BCUT2D eigenvalue weighted by Crippen LogP contribution is 2.11. The van der Waals surface area contributed by atoms with E-state index in [1.165, 1.54) is 5.52 Å². The third kappa shape index (κ3) is 1.58. The van der Waals surface area contributed by atoms with Crippen LogP contribution in [0.4, 0.5) is 0 Å². The van der Waals surface area contributed by atoms with Gasteiger partial charge >= 0.3 is 0 Å². The van der Waals surface area contributed by atoms with E-state index in [-0.39, 0.29) is 0 Å². The topological polar surface area (TPSA) is 35.6 Å². The van der Waals surface area contributed by atoms with Gasteiger partial charge in [-0.15, -0.1) is 0 Å². The van der Waals surface area contributed by atoms with E-state index in [4.69, 9.17) is 0 Å². The van der Waals surface area contributed by atoms with Crippen molar-refractivity contribution in [3.8, 4) is 0 Å². The van der Waals surface area contributed by atoms with Crippen LogP contribution < -0.4 is 0 Å². The van der Waals surface area contributed by atoms with Crippen LogP contribution in [0, 0.1) is 0 Å². The van der Waals surface area contributed by atoms with E-state index in [0.717, 1.165) is 18.6 Å². The Labute approximate surface area is 93.1 Å². The number of fused-ring (bicyclic) bond motifs is 1. The van der Waals surface area contributed by atoms with Gasteiger partial charge in [0.05, 0.1) is 23.9 Å². The summed E-state index contributed by atoms with van der Waals surface area (Å²) in [5.41, 5.74) is 2.22. The van der Waals surface area contributed by atoms with Crippen LogP contribution in [0.3, 0.4) is 0 Å². The molecule has 0 radical (unpaired) electrons. The molecule has 0 atom stereocenters. The van der Waals surface area contributed by atoms with E-state index in [9.17, 15) is 0 Å². The van der Waals surface area contributed by atoms with Crippen LogP contribution >= 0.6 is 0 Å². The molecule has 0 amide bonds. The summed E-state index contributed by atoms with van der Waals surface area (Å²) in [6, 6.07) is 10.1. The molecule has 2 aromatic heterocycles. The van der Waals surface area contributed by atoms with Crippen LogP contribution in [-0.4, -0.2) is 19.3 Å². The van der Waals surface area contributed by atoms with Gasteiger partial charge in [0.1, 0.15) is 0 Å². The van der Waals surface area contributed by atoms with E-state index < -0.39 is 0 Å². The molecule has 0 spiro atoms. The van der Waals surface area contributed by atoms with Gasteiger partial charge in [-0.1, -0.05) is 12.1 Å². The number of imidazole rings is 1. The minimum absolute atomic E-state index is 0.868. The Morgan fingerprint density at radius 3 is 2.88 bits per heavy atom. The molecule has 80 valence electrons. The molecular weight excluding hydrogens is 200 g/mol. The van der Waals surface area contributed by atoms with Crippen molar-refractivity contribution in [3.05, 3.63) is 49.1 Å². The third-order valence-corrected chi connectivity index (χ3v) is 2.66. The maximum Gasteiger partial charge on any atom is 0.0958 e. The molecule has 3 aromatic rings. The fourth-order valence-electron chi connectivity index (χ4n) is 1.83. The second kappa shape index (κ2) is 3.81. The molecule has 0 saturated heterocycles. The summed E-state index contributed by atoms with van der Waals surface area (Å²) in [6.45, 7) is 1.76. The van der Waals surface area contributed by atoms with Crippen LogP contribution in [0.15, 0.2) is 49.1 Å². The van der Waals surface area contributed by atoms with Crippen molar-refractivity contribution in [2.24, 2.45) is 0 Å². The molecule has 4 heteroatoms. The average Bonchev–Trinajstić information content (AvgIpc) is 2.96. The first-order valence-corrected chi connectivity index (χ1v) is 5.31. The van der Waals surface area contributed by atoms with Crippen LogP contribution in [0.1, 0.15) is 0 Å². The Morgan fingerprint density at radius 2 is 2.00 bits per heavy atom. The first-order chi connectivity index (χ1) is 7.93. The number of rotatable bonds is 3. The largest absolute Gasteiger partial charge is 0.329 e. The summed E-state index contributed by atoms with van der Waals surface area (Å²) in [6.07, 6.45) is 5.65. The molecular formula is C12H12N4. The van der Waals surface area contributed by atoms with Crippen molar-refractivity contribution in [1.29, 1.82) is 0 Å². The number of benzene rings is 1. The second-order valence-electron chi connectivity index (χ2n) is 3.70. The lowest BCUT2D eigenvalue weighted by Crippen LogP contribution is -2.06. The molecule has 0 fully saturated rings. The van der Waals surface area contributed by atoms with Gasteiger partial charge in [-0.25, -0.2) is 4.98 Å². The highest BCUT2D eigenvalue weighted by atomic mass is 15.3. The molecule has 0 N–H and O–H groups in total. The van der Waals surface area contributed by atoms with Gasteiger partial charge in [0, 0.05) is 18.9 Å². The van der Waals surface area contributed by atoms with E-state index in [1.807, 2.05) is 41.5 Å². The molecule has 0 aliphatic carbocycles. The van der Waals surface area contributed by atoms with Gasteiger partial charge in [0.2, 0.25) is 0 Å². The molecule has 2 heterocycles. The first kappa shape index (κ1) is 9.15. The monoisotopic (exact) mass is 212 g/mol. The third-order valence-electron chi connectivity index (χ3n) is 2.66. The minimum Gasteiger partial charge on any atom is -0.329 e. The number of hydrogen-bond acceptors (Lipinski definition) is 2. The van der Waals surface area contributed by atoms with E-state index in [1.54, 1.807) is 6.20 Å². The number of para-hydroxylation sites is 2. The van der Waals surface area contributed by atoms with Crippen LogP contribution in [-0.2, 0) is 13.1 Å². The van der Waals surface area contributed by atoms with Crippen molar-refractivity contribution in [3.63, 3.8) is 0 Å². The van der Waals surface area contributed by atoms with E-state index >= 15 is 0 Å². The number of aryl methyl sites for hydroxylation is 2. The molecule has 16 heavy (non-hydrogen) atoms. The smallest absolute Gasteiger partial charge is 0.0958 e. The van der Waals surface area contributed by atoms with Crippen molar-refractivity contribution in [1.82, 2.24) is 19.3 Å². The Morgan fingerprint density at radius 1 is 1.06 bits per heavy atom. The number of aromatic nitrogens is 4. The maximum atomic E-state index is 4.35. The van der Waals surface area contributed by atoms with Crippen LogP contribution in [0.5, 0.6) is 0 Å². The first-order valence-electron chi connectivity index (χ1n) is 5.31. The van der Waals surface area contributed by atoms with Gasteiger partial charge in [-0.2, -0.15) is 5.10 Å². The molecule has 4 nitrogen and oxygen atoms in total. The summed E-state index contributed by atoms with van der Waals surface area (Å²) in [4.78, 5) is 4.35. The van der Waals surface area contributed by atoms with Crippen molar-refractivity contribution < 1.29 is 0 Å². The highest BCUT2D eigenvalue weighted by Gasteiger charge is 2.00. The highest BCUT2D eigenvalue weighted by molar-refractivity contribution is 5.74. The Hall–Kier alpha value is -2.10. The summed E-state index contributed by atoms with van der Waals surface area (Å²) in [5, 5.41) is 4.18. The molecule has 1 aromatic carbocycles. The van der Waals surface area contributed by atoms with Gasteiger partial charge in [0.15, 0.2) is 0 Å². The zero-order valence-corrected chi connectivity index (χ0v) is 8.82. The predicted octanol–water partition coefficient (Wildman–Crippen LogP) is 1.93. The predicted molar refractivity (Wildman–Crippen MR) is 62.0 cm³/mol. The van der Waals surface area contributed by atoms with Crippen molar-refractivity contribution >= 4 is 11.0 Å². The lowest BCUT2D eigenvalue weighted by atomic mass is 10.3. The summed E-state index contributed by atoms with van der Waals surface area (Å²) < 4.78 is 4.08. The SMILES string of the molecule is c1ccc2c(c1)ncn2CCn1cccn1. The zero-order chi connectivity index (χ0) is 10.8. The Balaban J connectivity index is 1.84. The number of nitrogens with zero attached hydrogens (tertiary/aromatic N) is 4. The lowest BCUT2D eigenvalue weighted by molar-refractivity contribution is 0.541. The second-order valence-corrected chi connectivity index (χ2v) is 3.70. The lowest BCUT2D eigenvalue weighted by Gasteiger charge is -2.04. The standard InChI is InChI=1S/C12H12N4/c1-2-5-12-11(4-1)13-10-15(12)8-9-16-7-3-6-14-16/h1-7,10H,8-9H2. The normalized spacial score (nSPS) is 11.0. The molecule has 0 aliphatic rings. The molecule has 3 rings (SSSR count). The molecule has 0 saturated carbocycles. The summed E-state index contributed by atoms with van der Waals surface area (Å²) >= 11 is 0. The van der Waals surface area contributed by atoms with Crippen molar-refractivity contribution in [2.75, 3.05) is 0 Å². The van der Waals surface area contributed by atoms with E-state index in [2.05, 4.69) is 20.7 Å². The van der Waals surface area contributed by atoms with Gasteiger partial charge in [0.25, 0.3) is 0 Å². The van der Waals surface area contributed by atoms with Gasteiger partial charge in [-0.3, -0.25) is 4.68 Å². The Kier molecular flexibility index (Phi) is 2.18. The fourth-order valence-corrected chi connectivity index (χ4v) is 1.83. The molecule has 0 unspecified atom stereocenters. The quantitative estimate of drug-likeness (QED) is 0.665.